The van der Waals surface area contributed by atoms with Gasteiger partial charge in [-0.05, 0) is 51.8 Å². The van der Waals surface area contributed by atoms with Gasteiger partial charge in [0.25, 0.3) is 0 Å². The van der Waals surface area contributed by atoms with E-state index in [2.05, 4.69) is 41.5 Å². The number of rotatable bonds is 8. The number of hydrogen-bond acceptors (Lipinski definition) is 9. The lowest BCUT2D eigenvalue weighted by atomic mass is 9.99. The fraction of sp³-hybridized carbons (Fsp3) is 0.263. The van der Waals surface area contributed by atoms with Crippen LogP contribution in [0.5, 0.6) is 5.75 Å². The zero-order valence-corrected chi connectivity index (χ0v) is 18.5. The lowest BCUT2D eigenvalue weighted by Gasteiger charge is -2.06. The predicted molar refractivity (Wildman–Crippen MR) is 112 cm³/mol. The Bertz CT molecular complexity index is 1150. The monoisotopic (exact) mass is 490 g/mol. The number of benzene rings is 1. The summed E-state index contributed by atoms with van der Waals surface area (Å²) in [4.78, 5) is 28.4. The van der Waals surface area contributed by atoms with Gasteiger partial charge in [0.2, 0.25) is 5.82 Å². The summed E-state index contributed by atoms with van der Waals surface area (Å²) in [6.07, 6.45) is 1.13. The number of ether oxygens (including phenoxy) is 2. The molecule has 3 aromatic rings. The number of carbonyl (C=O) groups excluding carboxylic acids is 2. The molecular formula is C19H19BrN6O5. The number of ketones is 1. The molecular weight excluding hydrogens is 472 g/mol. The summed E-state index contributed by atoms with van der Waals surface area (Å²) in [6.45, 7) is 3.37. The van der Waals surface area contributed by atoms with Gasteiger partial charge in [0.05, 0.1) is 41.3 Å². The predicted octanol–water partition coefficient (Wildman–Crippen LogP) is 2.35. The van der Waals surface area contributed by atoms with E-state index < -0.39 is 5.97 Å². The molecule has 2 heterocycles. The van der Waals surface area contributed by atoms with Crippen LogP contribution in [0.2, 0.25) is 0 Å². The molecule has 0 spiro atoms. The van der Waals surface area contributed by atoms with E-state index in [0.29, 0.717) is 38.3 Å². The Balaban J connectivity index is 1.96. The van der Waals surface area contributed by atoms with E-state index in [-0.39, 0.29) is 24.8 Å². The molecule has 11 nitrogen and oxygen atoms in total. The second-order valence-electron chi connectivity index (χ2n) is 6.39. The molecule has 2 N–H and O–H groups in total. The molecule has 0 atom stereocenters. The molecule has 2 aromatic heterocycles. The first-order chi connectivity index (χ1) is 14.8. The van der Waals surface area contributed by atoms with E-state index in [1.807, 2.05) is 0 Å². The molecule has 0 saturated carbocycles. The first-order valence-corrected chi connectivity index (χ1v) is 9.84. The average molecular weight is 491 g/mol. The Kier molecular flexibility index (Phi) is 6.80. The maximum Gasteiger partial charge on any atom is 0.302 e. The maximum absolute atomic E-state index is 13.2. The van der Waals surface area contributed by atoms with Gasteiger partial charge in [0, 0.05) is 12.5 Å². The van der Waals surface area contributed by atoms with Crippen molar-refractivity contribution in [2.24, 2.45) is 5.16 Å². The van der Waals surface area contributed by atoms with Crippen LogP contribution >= 0.6 is 15.9 Å². The largest absolute Gasteiger partial charge is 0.496 e. The van der Waals surface area contributed by atoms with Crippen molar-refractivity contribution in [1.29, 1.82) is 0 Å². The summed E-state index contributed by atoms with van der Waals surface area (Å²) in [6, 6.07) is 4.97. The molecule has 0 unspecified atom stereocenters. The average Bonchev–Trinajstić information content (AvgIpc) is 3.32. The van der Waals surface area contributed by atoms with Crippen LogP contribution in [-0.2, 0) is 16.1 Å². The fourth-order valence-electron chi connectivity index (χ4n) is 2.95. The first-order valence-electron chi connectivity index (χ1n) is 9.05. The van der Waals surface area contributed by atoms with Crippen molar-refractivity contribution in [3.63, 3.8) is 0 Å². The number of aromatic amines is 1. The zero-order valence-electron chi connectivity index (χ0n) is 16.9. The summed E-state index contributed by atoms with van der Waals surface area (Å²) < 4.78 is 10.7. The van der Waals surface area contributed by atoms with E-state index in [1.54, 1.807) is 25.1 Å². The number of oxime groups is 1. The van der Waals surface area contributed by atoms with Gasteiger partial charge >= 0.3 is 5.97 Å². The minimum Gasteiger partial charge on any atom is -0.496 e. The van der Waals surface area contributed by atoms with Gasteiger partial charge in [0.15, 0.2) is 5.78 Å². The van der Waals surface area contributed by atoms with E-state index in [0.717, 1.165) is 6.21 Å². The number of carbonyl (C=O) groups is 2. The fourth-order valence-corrected chi connectivity index (χ4v) is 3.49. The van der Waals surface area contributed by atoms with Crippen molar-refractivity contribution in [2.75, 3.05) is 13.7 Å². The number of tetrazole rings is 1. The highest BCUT2D eigenvalue weighted by atomic mass is 79.9. The molecule has 0 fully saturated rings. The van der Waals surface area contributed by atoms with Crippen LogP contribution in [0.4, 0.5) is 0 Å². The normalized spacial score (nSPS) is 11.1. The molecule has 3 rings (SSSR count). The van der Waals surface area contributed by atoms with E-state index in [4.69, 9.17) is 14.7 Å². The van der Waals surface area contributed by atoms with Gasteiger partial charge in [-0.1, -0.05) is 5.16 Å². The summed E-state index contributed by atoms with van der Waals surface area (Å²) in [5, 5.41) is 24.3. The molecule has 0 aliphatic heterocycles. The molecule has 31 heavy (non-hydrogen) atoms. The maximum atomic E-state index is 13.2. The third-order valence-corrected chi connectivity index (χ3v) is 5.00. The van der Waals surface area contributed by atoms with Gasteiger partial charge in [-0.15, -0.1) is 10.2 Å². The van der Waals surface area contributed by atoms with Gasteiger partial charge in [0.1, 0.15) is 12.4 Å². The van der Waals surface area contributed by atoms with Crippen LogP contribution < -0.4 is 4.74 Å². The molecule has 0 radical (unpaired) electrons. The van der Waals surface area contributed by atoms with Crippen LogP contribution in [0.15, 0.2) is 27.8 Å². The Morgan fingerprint density at radius 3 is 2.81 bits per heavy atom. The zero-order chi connectivity index (χ0) is 22.5. The van der Waals surface area contributed by atoms with Crippen molar-refractivity contribution < 1.29 is 24.3 Å². The van der Waals surface area contributed by atoms with Crippen molar-refractivity contribution in [1.82, 2.24) is 25.2 Å². The number of hydrogen-bond donors (Lipinski definition) is 2. The minimum absolute atomic E-state index is 0.105. The van der Waals surface area contributed by atoms with Crippen molar-refractivity contribution >= 4 is 33.9 Å². The second-order valence-corrected chi connectivity index (χ2v) is 7.24. The van der Waals surface area contributed by atoms with Crippen LogP contribution in [0.25, 0.3) is 11.5 Å². The number of H-pyrrole nitrogens is 1. The van der Waals surface area contributed by atoms with E-state index in [9.17, 15) is 9.59 Å². The number of esters is 1. The Morgan fingerprint density at radius 1 is 1.39 bits per heavy atom. The molecule has 0 bridgehead atoms. The highest BCUT2D eigenvalue weighted by Gasteiger charge is 2.24. The van der Waals surface area contributed by atoms with Crippen LogP contribution in [-0.4, -0.2) is 62.1 Å². The Hall–Kier alpha value is -3.54. The molecule has 1 aromatic carbocycles. The number of nitrogens with zero attached hydrogens (tertiary/aromatic N) is 5. The Morgan fingerprint density at radius 2 is 2.16 bits per heavy atom. The van der Waals surface area contributed by atoms with Crippen LogP contribution in [0.3, 0.4) is 0 Å². The highest BCUT2D eigenvalue weighted by Crippen LogP contribution is 2.30. The lowest BCUT2D eigenvalue weighted by molar-refractivity contribution is -0.141. The second kappa shape index (κ2) is 9.51. The third kappa shape index (κ3) is 4.79. The van der Waals surface area contributed by atoms with E-state index in [1.165, 1.54) is 18.8 Å². The van der Waals surface area contributed by atoms with Crippen molar-refractivity contribution in [3.8, 4) is 17.3 Å². The molecule has 162 valence electrons. The molecule has 0 aliphatic rings. The topological polar surface area (TPSA) is 145 Å². The van der Waals surface area contributed by atoms with Crippen molar-refractivity contribution in [2.45, 2.75) is 20.4 Å². The minimum atomic E-state index is -0.401. The van der Waals surface area contributed by atoms with Crippen molar-refractivity contribution in [3.05, 3.63) is 45.1 Å². The van der Waals surface area contributed by atoms with E-state index >= 15 is 0 Å². The summed E-state index contributed by atoms with van der Waals surface area (Å²) >= 11 is 3.38. The Labute approximate surface area is 185 Å². The molecule has 0 aliphatic carbocycles. The highest BCUT2D eigenvalue weighted by molar-refractivity contribution is 9.10. The van der Waals surface area contributed by atoms with Gasteiger partial charge < -0.3 is 19.7 Å². The van der Waals surface area contributed by atoms with Gasteiger partial charge in [-0.25, -0.2) is 0 Å². The van der Waals surface area contributed by atoms with Gasteiger partial charge in [-0.3, -0.25) is 9.59 Å². The molecule has 0 amide bonds. The number of aromatic nitrogens is 5. The number of nitrogens with one attached hydrogen (secondary N) is 1. The molecule has 0 saturated heterocycles. The smallest absolute Gasteiger partial charge is 0.302 e. The summed E-state index contributed by atoms with van der Waals surface area (Å²) in [5.41, 5.74) is 2.02. The first kappa shape index (κ1) is 22.2. The summed E-state index contributed by atoms with van der Waals surface area (Å²) in [5.74, 6) is 0.139. The number of halogens is 1. The van der Waals surface area contributed by atoms with Gasteiger partial charge in [-0.2, -0.15) is 4.80 Å². The van der Waals surface area contributed by atoms with Crippen LogP contribution in [0.1, 0.15) is 34.1 Å². The standard InChI is InChI=1S/C19H19BrN6O5/c1-10-16(18(28)12-4-5-15(30-3)13(20)8-12)14(9-21-29)22-17(10)19-23-25-26(24-19)6-7-31-11(2)27/h4-5,8-9,22,29H,6-7H2,1-3H3/b21-9-. The SMILES string of the molecule is COc1ccc(C(=O)c2c(/C=N\O)[nH]c(-c3nnn(CCOC(C)=O)n3)c2C)cc1Br. The quantitative estimate of drug-likeness (QED) is 0.161. The molecule has 12 heteroatoms. The third-order valence-electron chi connectivity index (χ3n) is 4.38. The number of methoxy groups -OCH3 is 1. The lowest BCUT2D eigenvalue weighted by Crippen LogP contribution is -2.11. The summed E-state index contributed by atoms with van der Waals surface area (Å²) in [7, 11) is 1.53. The van der Waals surface area contributed by atoms with Crippen LogP contribution in [0, 0.1) is 6.92 Å².